The molecule has 1 fully saturated rings. The zero-order valence-corrected chi connectivity index (χ0v) is 9.64. The second-order valence-corrected chi connectivity index (χ2v) is 4.68. The van der Waals surface area contributed by atoms with Crippen molar-refractivity contribution in [1.82, 2.24) is 0 Å². The van der Waals surface area contributed by atoms with Gasteiger partial charge in [0, 0.05) is 16.9 Å². The summed E-state index contributed by atoms with van der Waals surface area (Å²) in [4.78, 5) is 0. The van der Waals surface area contributed by atoms with Crippen molar-refractivity contribution in [2.75, 3.05) is 11.1 Å². The maximum Gasteiger partial charge on any atom is 0.0371 e. The van der Waals surface area contributed by atoms with E-state index in [1.807, 2.05) is 13.0 Å². The normalized spacial score (nSPS) is 18.3. The summed E-state index contributed by atoms with van der Waals surface area (Å²) in [5.74, 6) is 0. The first-order chi connectivity index (χ1) is 7.15. The van der Waals surface area contributed by atoms with E-state index in [2.05, 4.69) is 24.4 Å². The maximum atomic E-state index is 5.90. The van der Waals surface area contributed by atoms with E-state index < -0.39 is 0 Å². The van der Waals surface area contributed by atoms with Crippen molar-refractivity contribution in [3.8, 4) is 0 Å². The molecule has 0 bridgehead atoms. The Bertz CT molecular complexity index is 348. The zero-order valence-electron chi connectivity index (χ0n) is 9.64. The lowest BCUT2D eigenvalue weighted by atomic mass is 9.74. The zero-order chi connectivity index (χ0) is 10.9. The van der Waals surface area contributed by atoms with Gasteiger partial charge in [-0.15, -0.1) is 0 Å². The molecule has 15 heavy (non-hydrogen) atoms. The van der Waals surface area contributed by atoms with Crippen LogP contribution in [0.2, 0.25) is 0 Å². The molecule has 2 rings (SSSR count). The summed E-state index contributed by atoms with van der Waals surface area (Å²) < 4.78 is 0. The molecular weight excluding hydrogens is 184 g/mol. The van der Waals surface area contributed by atoms with Crippen molar-refractivity contribution in [3.05, 3.63) is 23.8 Å². The molecular formula is C13H20N2. The molecule has 1 aliphatic carbocycles. The monoisotopic (exact) mass is 204 g/mol. The molecule has 0 heterocycles. The SMILES string of the molecule is CCC1(Nc2ccc(C)c(N)c2)CCC1. The predicted octanol–water partition coefficient (Wildman–Crippen LogP) is 3.32. The Balaban J connectivity index is 2.13. The minimum Gasteiger partial charge on any atom is -0.398 e. The topological polar surface area (TPSA) is 38.0 Å². The van der Waals surface area contributed by atoms with E-state index in [0.717, 1.165) is 11.3 Å². The summed E-state index contributed by atoms with van der Waals surface area (Å²) in [6.45, 7) is 4.29. The summed E-state index contributed by atoms with van der Waals surface area (Å²) in [5, 5.41) is 3.63. The van der Waals surface area contributed by atoms with Crippen molar-refractivity contribution in [3.63, 3.8) is 0 Å². The molecule has 0 atom stereocenters. The van der Waals surface area contributed by atoms with Crippen molar-refractivity contribution in [1.29, 1.82) is 0 Å². The van der Waals surface area contributed by atoms with E-state index in [1.165, 1.54) is 31.4 Å². The summed E-state index contributed by atoms with van der Waals surface area (Å²) in [6.07, 6.45) is 5.12. The summed E-state index contributed by atoms with van der Waals surface area (Å²) in [6, 6.07) is 6.26. The van der Waals surface area contributed by atoms with Crippen LogP contribution in [0.5, 0.6) is 0 Å². The lowest BCUT2D eigenvalue weighted by molar-refractivity contribution is 0.269. The van der Waals surface area contributed by atoms with Gasteiger partial charge in [0.1, 0.15) is 0 Å². The van der Waals surface area contributed by atoms with Gasteiger partial charge in [-0.25, -0.2) is 0 Å². The van der Waals surface area contributed by atoms with Crippen molar-refractivity contribution in [2.24, 2.45) is 0 Å². The highest BCUT2D eigenvalue weighted by atomic mass is 15.0. The molecule has 0 aliphatic heterocycles. The van der Waals surface area contributed by atoms with Crippen LogP contribution < -0.4 is 11.1 Å². The van der Waals surface area contributed by atoms with Crippen LogP contribution in [0.15, 0.2) is 18.2 Å². The third-order valence-electron chi connectivity index (χ3n) is 3.68. The Morgan fingerprint density at radius 1 is 1.40 bits per heavy atom. The fourth-order valence-electron chi connectivity index (χ4n) is 2.19. The van der Waals surface area contributed by atoms with E-state index in [-0.39, 0.29) is 0 Å². The van der Waals surface area contributed by atoms with Crippen LogP contribution in [0, 0.1) is 6.92 Å². The first kappa shape index (κ1) is 10.3. The highest BCUT2D eigenvalue weighted by Gasteiger charge is 2.34. The molecule has 82 valence electrons. The Morgan fingerprint density at radius 2 is 2.13 bits per heavy atom. The summed E-state index contributed by atoms with van der Waals surface area (Å²) in [7, 11) is 0. The van der Waals surface area contributed by atoms with Gasteiger partial charge in [0.25, 0.3) is 0 Å². The van der Waals surface area contributed by atoms with Crippen LogP contribution in [-0.2, 0) is 0 Å². The molecule has 2 heteroatoms. The minimum atomic E-state index is 0.349. The fraction of sp³-hybridized carbons (Fsp3) is 0.538. The number of benzene rings is 1. The van der Waals surface area contributed by atoms with Crippen LogP contribution in [0.3, 0.4) is 0 Å². The molecule has 1 aliphatic rings. The largest absolute Gasteiger partial charge is 0.398 e. The van der Waals surface area contributed by atoms with E-state index >= 15 is 0 Å². The average molecular weight is 204 g/mol. The maximum absolute atomic E-state index is 5.90. The number of nitrogens with two attached hydrogens (primary N) is 1. The Labute approximate surface area is 91.9 Å². The van der Waals surface area contributed by atoms with E-state index in [1.54, 1.807) is 0 Å². The highest BCUT2D eigenvalue weighted by molar-refractivity contribution is 5.59. The van der Waals surface area contributed by atoms with Crippen LogP contribution in [0.1, 0.15) is 38.2 Å². The van der Waals surface area contributed by atoms with Gasteiger partial charge in [0.05, 0.1) is 0 Å². The Morgan fingerprint density at radius 3 is 2.60 bits per heavy atom. The molecule has 1 aromatic carbocycles. The van der Waals surface area contributed by atoms with Crippen LogP contribution in [0.4, 0.5) is 11.4 Å². The lowest BCUT2D eigenvalue weighted by Crippen LogP contribution is -2.44. The van der Waals surface area contributed by atoms with E-state index in [9.17, 15) is 0 Å². The first-order valence-corrected chi connectivity index (χ1v) is 5.79. The standard InChI is InChI=1S/C13H20N2/c1-3-13(7-4-8-13)15-11-6-5-10(2)12(14)9-11/h5-6,9,15H,3-4,7-8,14H2,1-2H3. The van der Waals surface area contributed by atoms with Gasteiger partial charge < -0.3 is 11.1 Å². The van der Waals surface area contributed by atoms with Crippen LogP contribution >= 0.6 is 0 Å². The van der Waals surface area contributed by atoms with Gasteiger partial charge in [-0.1, -0.05) is 13.0 Å². The smallest absolute Gasteiger partial charge is 0.0371 e. The second kappa shape index (κ2) is 3.76. The predicted molar refractivity (Wildman–Crippen MR) is 66.1 cm³/mol. The fourth-order valence-corrected chi connectivity index (χ4v) is 2.19. The first-order valence-electron chi connectivity index (χ1n) is 5.79. The number of hydrogen-bond donors (Lipinski definition) is 2. The number of aryl methyl sites for hydroxylation is 1. The molecule has 0 radical (unpaired) electrons. The molecule has 0 spiro atoms. The number of rotatable bonds is 3. The molecule has 3 N–H and O–H groups in total. The quantitative estimate of drug-likeness (QED) is 0.741. The number of nitrogen functional groups attached to an aromatic ring is 1. The van der Waals surface area contributed by atoms with E-state index in [0.29, 0.717) is 5.54 Å². The number of hydrogen-bond acceptors (Lipinski definition) is 2. The molecule has 0 unspecified atom stereocenters. The summed E-state index contributed by atoms with van der Waals surface area (Å²) in [5.41, 5.74) is 9.45. The van der Waals surface area contributed by atoms with Gasteiger partial charge >= 0.3 is 0 Å². The number of nitrogens with one attached hydrogen (secondary N) is 1. The van der Waals surface area contributed by atoms with Gasteiger partial charge in [-0.2, -0.15) is 0 Å². The molecule has 0 aromatic heterocycles. The average Bonchev–Trinajstić information content (AvgIpc) is 2.17. The highest BCUT2D eigenvalue weighted by Crippen LogP contribution is 2.38. The minimum absolute atomic E-state index is 0.349. The number of anilines is 2. The molecule has 2 nitrogen and oxygen atoms in total. The molecule has 0 saturated heterocycles. The second-order valence-electron chi connectivity index (χ2n) is 4.68. The van der Waals surface area contributed by atoms with Gasteiger partial charge in [0.2, 0.25) is 0 Å². The van der Waals surface area contributed by atoms with E-state index in [4.69, 9.17) is 5.73 Å². The Kier molecular flexibility index (Phi) is 2.59. The van der Waals surface area contributed by atoms with Crippen LogP contribution in [0.25, 0.3) is 0 Å². The van der Waals surface area contributed by atoms with Crippen molar-refractivity contribution >= 4 is 11.4 Å². The third kappa shape index (κ3) is 1.94. The Hall–Kier alpha value is -1.18. The third-order valence-corrected chi connectivity index (χ3v) is 3.68. The van der Waals surface area contributed by atoms with Gasteiger partial charge in [0.15, 0.2) is 0 Å². The van der Waals surface area contributed by atoms with Crippen LogP contribution in [-0.4, -0.2) is 5.54 Å². The lowest BCUT2D eigenvalue weighted by Gasteiger charge is -2.43. The molecule has 1 aromatic rings. The van der Waals surface area contributed by atoms with Crippen molar-refractivity contribution < 1.29 is 0 Å². The molecule has 0 amide bonds. The van der Waals surface area contributed by atoms with Gasteiger partial charge in [-0.05, 0) is 50.3 Å². The van der Waals surface area contributed by atoms with Crippen molar-refractivity contribution in [2.45, 2.75) is 45.1 Å². The summed E-state index contributed by atoms with van der Waals surface area (Å²) >= 11 is 0. The molecule has 1 saturated carbocycles. The van der Waals surface area contributed by atoms with Gasteiger partial charge in [-0.3, -0.25) is 0 Å².